The molecule has 2 aromatic carbocycles. The maximum absolute atomic E-state index is 13.1. The van der Waals surface area contributed by atoms with Gasteiger partial charge in [-0.05, 0) is 53.6 Å². The molecule has 0 amide bonds. The zero-order chi connectivity index (χ0) is 16.8. The minimum atomic E-state index is -0.875. The summed E-state index contributed by atoms with van der Waals surface area (Å²) in [6, 6.07) is 12.0. The molecule has 3 rings (SSSR count). The predicted molar refractivity (Wildman–Crippen MR) is 91.0 cm³/mol. The van der Waals surface area contributed by atoms with Crippen LogP contribution in [0.2, 0.25) is 0 Å². The van der Waals surface area contributed by atoms with Gasteiger partial charge >= 0.3 is 0 Å². The second-order valence-corrected chi connectivity index (χ2v) is 6.26. The highest BCUT2D eigenvalue weighted by atomic mass is 19.2. The van der Waals surface area contributed by atoms with Crippen molar-refractivity contribution in [3.05, 3.63) is 70.8 Å². The zero-order valence-corrected chi connectivity index (χ0v) is 13.6. The molecule has 1 fully saturated rings. The molecular weight excluding hydrogens is 308 g/mol. The first-order valence-electron chi connectivity index (χ1n) is 8.41. The molecule has 0 radical (unpaired) electrons. The van der Waals surface area contributed by atoms with Gasteiger partial charge in [0.15, 0.2) is 11.6 Å². The first-order chi connectivity index (χ1) is 11.7. The first kappa shape index (κ1) is 16.6. The molecule has 0 bridgehead atoms. The Morgan fingerprint density at radius 3 is 2.62 bits per heavy atom. The molecule has 1 saturated carbocycles. The number of oxime groups is 1. The summed E-state index contributed by atoms with van der Waals surface area (Å²) >= 11 is 0. The molecular formula is C20H21F2NO. The fraction of sp³-hybridized carbons (Fsp3) is 0.350. The Labute approximate surface area is 141 Å². The minimum absolute atomic E-state index is 0.107. The third-order valence-electron chi connectivity index (χ3n) is 4.48. The third-order valence-corrected chi connectivity index (χ3v) is 4.48. The van der Waals surface area contributed by atoms with Crippen LogP contribution in [-0.2, 0) is 11.4 Å². The van der Waals surface area contributed by atoms with Crippen LogP contribution < -0.4 is 0 Å². The van der Waals surface area contributed by atoms with Gasteiger partial charge in [-0.3, -0.25) is 0 Å². The molecule has 0 N–H and O–H groups in total. The molecule has 0 spiro atoms. The van der Waals surface area contributed by atoms with Crippen LogP contribution in [0, 0.1) is 11.6 Å². The average molecular weight is 329 g/mol. The zero-order valence-electron chi connectivity index (χ0n) is 13.6. The van der Waals surface area contributed by atoms with Gasteiger partial charge in [0.05, 0.1) is 6.21 Å². The summed E-state index contributed by atoms with van der Waals surface area (Å²) in [5.41, 5.74) is 2.89. The first-order valence-corrected chi connectivity index (χ1v) is 8.41. The Bertz CT molecular complexity index is 709. The minimum Gasteiger partial charge on any atom is -0.391 e. The van der Waals surface area contributed by atoms with Crippen molar-refractivity contribution >= 4 is 6.21 Å². The van der Waals surface area contributed by atoms with Gasteiger partial charge < -0.3 is 4.84 Å². The molecule has 0 saturated heterocycles. The highest BCUT2D eigenvalue weighted by molar-refractivity contribution is 5.79. The lowest BCUT2D eigenvalue weighted by atomic mass is 9.84. The molecule has 2 nitrogen and oxygen atoms in total. The van der Waals surface area contributed by atoms with Crippen LogP contribution in [0.1, 0.15) is 54.7 Å². The topological polar surface area (TPSA) is 21.6 Å². The van der Waals surface area contributed by atoms with E-state index in [0.29, 0.717) is 11.5 Å². The summed E-state index contributed by atoms with van der Waals surface area (Å²) in [7, 11) is 0. The van der Waals surface area contributed by atoms with E-state index in [9.17, 15) is 8.78 Å². The SMILES string of the molecule is Fc1ccc(CON=Cc2cccc(C3CCCCC3)c2)cc1F. The van der Waals surface area contributed by atoms with Crippen LogP contribution in [-0.4, -0.2) is 6.21 Å². The average Bonchev–Trinajstić information content (AvgIpc) is 2.63. The third kappa shape index (κ3) is 4.40. The van der Waals surface area contributed by atoms with E-state index in [2.05, 4.69) is 17.3 Å². The van der Waals surface area contributed by atoms with Gasteiger partial charge in [-0.2, -0.15) is 0 Å². The van der Waals surface area contributed by atoms with Crippen LogP contribution in [0.5, 0.6) is 0 Å². The van der Waals surface area contributed by atoms with Gasteiger partial charge in [-0.15, -0.1) is 0 Å². The monoisotopic (exact) mass is 329 g/mol. The molecule has 4 heteroatoms. The van der Waals surface area contributed by atoms with E-state index in [4.69, 9.17) is 4.84 Å². The van der Waals surface area contributed by atoms with Crippen molar-refractivity contribution in [2.24, 2.45) is 5.16 Å². The van der Waals surface area contributed by atoms with E-state index in [1.54, 1.807) is 6.21 Å². The molecule has 0 aromatic heterocycles. The Kier molecular flexibility index (Phi) is 5.57. The van der Waals surface area contributed by atoms with Gasteiger partial charge in [-0.1, -0.05) is 48.7 Å². The molecule has 0 atom stereocenters. The largest absolute Gasteiger partial charge is 0.391 e. The number of halogens is 2. The summed E-state index contributed by atoms with van der Waals surface area (Å²) in [4.78, 5) is 5.18. The lowest BCUT2D eigenvalue weighted by Gasteiger charge is -2.22. The molecule has 24 heavy (non-hydrogen) atoms. The molecule has 0 heterocycles. The highest BCUT2D eigenvalue weighted by Gasteiger charge is 2.15. The molecule has 1 aliphatic rings. The molecule has 0 aliphatic heterocycles. The van der Waals surface area contributed by atoms with Gasteiger partial charge in [0.25, 0.3) is 0 Å². The Balaban J connectivity index is 1.57. The summed E-state index contributed by atoms with van der Waals surface area (Å²) in [6.07, 6.45) is 8.13. The summed E-state index contributed by atoms with van der Waals surface area (Å²) in [5, 5.41) is 3.93. The lowest BCUT2D eigenvalue weighted by Crippen LogP contribution is -2.04. The summed E-state index contributed by atoms with van der Waals surface area (Å²) < 4.78 is 26.0. The molecule has 1 aliphatic carbocycles. The van der Waals surface area contributed by atoms with Crippen molar-refractivity contribution in [2.45, 2.75) is 44.6 Å². The number of nitrogens with zero attached hydrogens (tertiary/aromatic N) is 1. The van der Waals surface area contributed by atoms with Crippen molar-refractivity contribution in [1.29, 1.82) is 0 Å². The van der Waals surface area contributed by atoms with E-state index < -0.39 is 11.6 Å². The van der Waals surface area contributed by atoms with Crippen molar-refractivity contribution in [2.75, 3.05) is 0 Å². The maximum atomic E-state index is 13.1. The van der Waals surface area contributed by atoms with Gasteiger partial charge in [-0.25, -0.2) is 8.78 Å². The quantitative estimate of drug-likeness (QED) is 0.519. The van der Waals surface area contributed by atoms with Crippen molar-refractivity contribution in [1.82, 2.24) is 0 Å². The number of rotatable bonds is 5. The van der Waals surface area contributed by atoms with Gasteiger partial charge in [0.2, 0.25) is 0 Å². The predicted octanol–water partition coefficient (Wildman–Crippen LogP) is 5.56. The molecule has 126 valence electrons. The van der Waals surface area contributed by atoms with Crippen LogP contribution >= 0.6 is 0 Å². The number of hydrogen-bond donors (Lipinski definition) is 0. The van der Waals surface area contributed by atoms with E-state index in [0.717, 1.165) is 17.7 Å². The van der Waals surface area contributed by atoms with Crippen LogP contribution in [0.15, 0.2) is 47.6 Å². The van der Waals surface area contributed by atoms with Crippen molar-refractivity contribution in [3.8, 4) is 0 Å². The molecule has 0 unspecified atom stereocenters. The van der Waals surface area contributed by atoms with E-state index in [-0.39, 0.29) is 6.61 Å². The van der Waals surface area contributed by atoms with Crippen LogP contribution in [0.4, 0.5) is 8.78 Å². The van der Waals surface area contributed by atoms with Gasteiger partial charge in [0.1, 0.15) is 6.61 Å². The second-order valence-electron chi connectivity index (χ2n) is 6.26. The van der Waals surface area contributed by atoms with E-state index >= 15 is 0 Å². The van der Waals surface area contributed by atoms with Crippen molar-refractivity contribution in [3.63, 3.8) is 0 Å². The lowest BCUT2D eigenvalue weighted by molar-refractivity contribution is 0.132. The second kappa shape index (κ2) is 8.04. The van der Waals surface area contributed by atoms with E-state index in [1.807, 2.05) is 12.1 Å². The van der Waals surface area contributed by atoms with Gasteiger partial charge in [0, 0.05) is 0 Å². The highest BCUT2D eigenvalue weighted by Crippen LogP contribution is 2.32. The van der Waals surface area contributed by atoms with E-state index in [1.165, 1.54) is 43.7 Å². The van der Waals surface area contributed by atoms with Crippen LogP contribution in [0.3, 0.4) is 0 Å². The summed E-state index contributed by atoms with van der Waals surface area (Å²) in [6.45, 7) is 0.107. The Morgan fingerprint density at radius 2 is 1.83 bits per heavy atom. The number of hydrogen-bond acceptors (Lipinski definition) is 2. The summed E-state index contributed by atoms with van der Waals surface area (Å²) in [5.74, 6) is -1.09. The van der Waals surface area contributed by atoms with Crippen molar-refractivity contribution < 1.29 is 13.6 Å². The molecule has 2 aromatic rings. The Hall–Kier alpha value is -2.23. The smallest absolute Gasteiger partial charge is 0.159 e. The Morgan fingerprint density at radius 1 is 1.00 bits per heavy atom. The fourth-order valence-electron chi connectivity index (χ4n) is 3.17. The number of benzene rings is 2. The maximum Gasteiger partial charge on any atom is 0.159 e. The standard InChI is InChI=1S/C20H21F2NO/c21-19-10-9-16(12-20(19)22)14-24-23-13-15-5-4-8-18(11-15)17-6-2-1-3-7-17/h4-5,8-13,17H,1-3,6-7,14H2. The van der Waals surface area contributed by atoms with Crippen LogP contribution in [0.25, 0.3) is 0 Å². The normalized spacial score (nSPS) is 15.8. The fourth-order valence-corrected chi connectivity index (χ4v) is 3.17.